The maximum Gasteiger partial charge on any atom is 0.1000 e. The lowest BCUT2D eigenvalue weighted by Crippen LogP contribution is -2.43. The fourth-order valence-electron chi connectivity index (χ4n) is 3.83. The lowest BCUT2D eigenvalue weighted by Gasteiger charge is -2.39. The summed E-state index contributed by atoms with van der Waals surface area (Å²) in [6.45, 7) is 7.50. The van der Waals surface area contributed by atoms with Crippen LogP contribution in [0.1, 0.15) is 31.5 Å². The van der Waals surface area contributed by atoms with E-state index >= 15 is 0 Å². The van der Waals surface area contributed by atoms with E-state index in [0.29, 0.717) is 0 Å². The van der Waals surface area contributed by atoms with Gasteiger partial charge in [-0.1, -0.05) is 23.4 Å². The molecule has 0 bridgehead atoms. The molecular formula is C19H26N4O2. The number of nitrogens with zero attached hydrogens (tertiary/aromatic N) is 4. The number of para-hydroxylation sites is 1. The van der Waals surface area contributed by atoms with Crippen molar-refractivity contribution in [3.8, 4) is 5.69 Å². The molecule has 6 nitrogen and oxygen atoms in total. The Hall–Kier alpha value is -1.76. The molecule has 1 unspecified atom stereocenters. The Bertz CT molecular complexity index is 682. The molecule has 0 saturated carbocycles. The van der Waals surface area contributed by atoms with Gasteiger partial charge in [0.05, 0.1) is 36.8 Å². The normalized spacial score (nSPS) is 22.6. The van der Waals surface area contributed by atoms with Crippen LogP contribution in [0.25, 0.3) is 5.69 Å². The van der Waals surface area contributed by atoms with Crippen LogP contribution in [-0.2, 0) is 9.47 Å². The van der Waals surface area contributed by atoms with Crippen LogP contribution >= 0.6 is 0 Å². The third kappa shape index (κ3) is 3.61. The van der Waals surface area contributed by atoms with Gasteiger partial charge >= 0.3 is 0 Å². The predicted octanol–water partition coefficient (Wildman–Crippen LogP) is 2.46. The van der Waals surface area contributed by atoms with Gasteiger partial charge in [-0.3, -0.25) is 4.90 Å². The Morgan fingerprint density at radius 3 is 2.68 bits per heavy atom. The van der Waals surface area contributed by atoms with Crippen molar-refractivity contribution < 1.29 is 9.47 Å². The summed E-state index contributed by atoms with van der Waals surface area (Å²) in [6.07, 6.45) is 4.20. The second-order valence-electron chi connectivity index (χ2n) is 7.23. The number of hydrogen-bond acceptors (Lipinski definition) is 5. The summed E-state index contributed by atoms with van der Waals surface area (Å²) >= 11 is 0. The predicted molar refractivity (Wildman–Crippen MR) is 94.7 cm³/mol. The minimum atomic E-state index is 0.221. The molecule has 2 saturated heterocycles. The first-order chi connectivity index (χ1) is 12.3. The smallest absolute Gasteiger partial charge is 0.1000 e. The van der Waals surface area contributed by atoms with E-state index in [0.717, 1.165) is 63.7 Å². The number of hydrogen-bond donors (Lipinski definition) is 0. The molecule has 1 spiro atoms. The van der Waals surface area contributed by atoms with Crippen molar-refractivity contribution in [3.05, 3.63) is 42.2 Å². The summed E-state index contributed by atoms with van der Waals surface area (Å²) in [4.78, 5) is 2.50. The molecule has 1 aromatic carbocycles. The zero-order chi connectivity index (χ0) is 17.1. The van der Waals surface area contributed by atoms with Gasteiger partial charge in [0.1, 0.15) is 0 Å². The van der Waals surface area contributed by atoms with Crippen LogP contribution in [0.15, 0.2) is 36.5 Å². The molecule has 2 aliphatic heterocycles. The molecular weight excluding hydrogens is 316 g/mol. The summed E-state index contributed by atoms with van der Waals surface area (Å²) in [5, 5.41) is 8.76. The van der Waals surface area contributed by atoms with E-state index < -0.39 is 0 Å². The van der Waals surface area contributed by atoms with Crippen LogP contribution in [0.5, 0.6) is 0 Å². The summed E-state index contributed by atoms with van der Waals surface area (Å²) in [6, 6.07) is 10.3. The maximum absolute atomic E-state index is 5.94. The van der Waals surface area contributed by atoms with E-state index in [-0.39, 0.29) is 11.5 Å². The number of ether oxygens (including phenoxy) is 2. The molecule has 2 fully saturated rings. The van der Waals surface area contributed by atoms with Crippen molar-refractivity contribution in [2.75, 3.05) is 39.5 Å². The van der Waals surface area contributed by atoms with Crippen LogP contribution < -0.4 is 0 Å². The second kappa shape index (κ2) is 7.23. The largest absolute Gasteiger partial charge is 0.381 e. The first-order valence-corrected chi connectivity index (χ1v) is 9.13. The molecule has 4 rings (SSSR count). The molecule has 0 amide bonds. The molecule has 1 aromatic heterocycles. The van der Waals surface area contributed by atoms with Gasteiger partial charge in [-0.15, -0.1) is 5.10 Å². The maximum atomic E-state index is 5.94. The molecule has 0 radical (unpaired) electrons. The third-order valence-corrected chi connectivity index (χ3v) is 5.53. The van der Waals surface area contributed by atoms with E-state index in [2.05, 4.69) is 22.1 Å². The first-order valence-electron chi connectivity index (χ1n) is 9.13. The Morgan fingerprint density at radius 2 is 1.88 bits per heavy atom. The molecule has 6 heteroatoms. The molecule has 2 aromatic rings. The zero-order valence-corrected chi connectivity index (χ0v) is 14.8. The van der Waals surface area contributed by atoms with Crippen LogP contribution in [0, 0.1) is 5.41 Å². The minimum Gasteiger partial charge on any atom is -0.381 e. The van der Waals surface area contributed by atoms with Crippen LogP contribution in [-0.4, -0.2) is 59.4 Å². The Labute approximate surface area is 148 Å². The van der Waals surface area contributed by atoms with E-state index in [1.165, 1.54) is 0 Å². The third-order valence-electron chi connectivity index (χ3n) is 5.53. The van der Waals surface area contributed by atoms with E-state index in [9.17, 15) is 0 Å². The van der Waals surface area contributed by atoms with Crippen LogP contribution in [0.2, 0.25) is 0 Å². The quantitative estimate of drug-likeness (QED) is 0.858. The van der Waals surface area contributed by atoms with Crippen LogP contribution in [0.3, 0.4) is 0 Å². The van der Waals surface area contributed by atoms with Gasteiger partial charge in [0.2, 0.25) is 0 Å². The molecule has 0 N–H and O–H groups in total. The molecule has 2 aliphatic rings. The van der Waals surface area contributed by atoms with Gasteiger partial charge in [-0.25, -0.2) is 4.68 Å². The highest BCUT2D eigenvalue weighted by molar-refractivity contribution is 5.30. The van der Waals surface area contributed by atoms with Gasteiger partial charge in [-0.05, 0) is 31.9 Å². The van der Waals surface area contributed by atoms with E-state index in [4.69, 9.17) is 9.47 Å². The molecule has 0 aliphatic carbocycles. The average molecular weight is 342 g/mol. The minimum absolute atomic E-state index is 0.221. The fraction of sp³-hybridized carbons (Fsp3) is 0.579. The SMILES string of the molecule is CC(c1cn(-c2ccccc2)nn1)N1CCOCC2(CCOCC2)C1. The molecule has 1 atom stereocenters. The molecule has 25 heavy (non-hydrogen) atoms. The Kier molecular flexibility index (Phi) is 4.83. The van der Waals surface area contributed by atoms with Gasteiger partial charge in [0.15, 0.2) is 0 Å². The average Bonchev–Trinajstić information content (AvgIpc) is 3.07. The summed E-state index contributed by atoms with van der Waals surface area (Å²) in [5.41, 5.74) is 2.26. The lowest BCUT2D eigenvalue weighted by molar-refractivity contribution is -0.0338. The fourth-order valence-corrected chi connectivity index (χ4v) is 3.83. The second-order valence-corrected chi connectivity index (χ2v) is 7.23. The number of benzene rings is 1. The number of rotatable bonds is 3. The number of aromatic nitrogens is 3. The van der Waals surface area contributed by atoms with Gasteiger partial charge in [-0.2, -0.15) is 0 Å². The van der Waals surface area contributed by atoms with Crippen molar-refractivity contribution in [1.29, 1.82) is 0 Å². The summed E-state index contributed by atoms with van der Waals surface area (Å²) in [7, 11) is 0. The summed E-state index contributed by atoms with van der Waals surface area (Å²) < 4.78 is 13.4. The van der Waals surface area contributed by atoms with Gasteiger partial charge < -0.3 is 9.47 Å². The van der Waals surface area contributed by atoms with E-state index in [1.54, 1.807) is 0 Å². The topological polar surface area (TPSA) is 52.4 Å². The Morgan fingerprint density at radius 1 is 1.08 bits per heavy atom. The first kappa shape index (κ1) is 16.7. The van der Waals surface area contributed by atoms with Gasteiger partial charge in [0, 0.05) is 31.7 Å². The van der Waals surface area contributed by atoms with Crippen molar-refractivity contribution in [2.45, 2.75) is 25.8 Å². The van der Waals surface area contributed by atoms with Crippen molar-refractivity contribution in [1.82, 2.24) is 19.9 Å². The van der Waals surface area contributed by atoms with Crippen molar-refractivity contribution >= 4 is 0 Å². The zero-order valence-electron chi connectivity index (χ0n) is 14.8. The van der Waals surface area contributed by atoms with Crippen molar-refractivity contribution in [3.63, 3.8) is 0 Å². The molecule has 3 heterocycles. The van der Waals surface area contributed by atoms with E-state index in [1.807, 2.05) is 41.2 Å². The van der Waals surface area contributed by atoms with Crippen LogP contribution in [0.4, 0.5) is 0 Å². The highest BCUT2D eigenvalue weighted by atomic mass is 16.5. The van der Waals surface area contributed by atoms with Crippen molar-refractivity contribution in [2.24, 2.45) is 5.41 Å². The van der Waals surface area contributed by atoms with Gasteiger partial charge in [0.25, 0.3) is 0 Å². The molecule has 134 valence electrons. The summed E-state index contributed by atoms with van der Waals surface area (Å²) in [5.74, 6) is 0. The Balaban J connectivity index is 1.51. The lowest BCUT2D eigenvalue weighted by atomic mass is 9.80. The highest BCUT2D eigenvalue weighted by Crippen LogP contribution is 2.35. The monoisotopic (exact) mass is 342 g/mol. The highest BCUT2D eigenvalue weighted by Gasteiger charge is 2.38. The standard InChI is InChI=1S/C19H26N4O2/c1-16(18-13-23(21-20-18)17-5-3-2-4-6-17)22-9-12-25-15-19(14-22)7-10-24-11-8-19/h2-6,13,16H,7-12,14-15H2,1H3.